The van der Waals surface area contributed by atoms with Crippen molar-refractivity contribution in [2.45, 2.75) is 12.6 Å². The van der Waals surface area contributed by atoms with Gasteiger partial charge in [0.25, 0.3) is 11.8 Å². The number of hydrogen-bond donors (Lipinski definition) is 0. The highest BCUT2D eigenvalue weighted by Gasteiger charge is 2.43. The van der Waals surface area contributed by atoms with Crippen molar-refractivity contribution in [2.24, 2.45) is 0 Å². The number of alkyl halides is 3. The third kappa shape index (κ3) is 3.89. The van der Waals surface area contributed by atoms with Crippen LogP contribution in [0.3, 0.4) is 0 Å². The Morgan fingerprint density at radius 1 is 0.964 bits per heavy atom. The minimum Gasteiger partial charge on any atom is -0.339 e. The van der Waals surface area contributed by atoms with Gasteiger partial charge in [-0.25, -0.2) is 0 Å². The molecule has 4 amide bonds. The van der Waals surface area contributed by atoms with Crippen molar-refractivity contribution in [3.63, 3.8) is 0 Å². The van der Waals surface area contributed by atoms with Gasteiger partial charge in [0.1, 0.15) is 6.54 Å². The lowest BCUT2D eigenvalue weighted by atomic mass is 10.1. The van der Waals surface area contributed by atoms with Gasteiger partial charge < -0.3 is 9.80 Å². The van der Waals surface area contributed by atoms with Crippen LogP contribution >= 0.6 is 15.9 Å². The van der Waals surface area contributed by atoms with Crippen molar-refractivity contribution in [3.05, 3.63) is 33.8 Å². The van der Waals surface area contributed by atoms with E-state index in [1.165, 1.54) is 17.0 Å². The average Bonchev–Trinajstić information content (AvgIpc) is 2.82. The monoisotopic (exact) mass is 461 g/mol. The molecule has 7 nitrogen and oxygen atoms in total. The van der Waals surface area contributed by atoms with Crippen LogP contribution in [0.2, 0.25) is 0 Å². The molecule has 0 aromatic heterocycles. The van der Waals surface area contributed by atoms with Gasteiger partial charge in [-0.2, -0.15) is 13.2 Å². The maximum Gasteiger partial charge on any atom is 0.471 e. The molecular weight excluding hydrogens is 447 g/mol. The first-order valence-corrected chi connectivity index (χ1v) is 9.18. The molecule has 11 heteroatoms. The lowest BCUT2D eigenvalue weighted by Crippen LogP contribution is -2.45. The summed E-state index contributed by atoms with van der Waals surface area (Å²) in [4.78, 5) is 51.5. The number of hydrogen-bond acceptors (Lipinski definition) is 4. The van der Waals surface area contributed by atoms with E-state index in [-0.39, 0.29) is 43.7 Å². The van der Waals surface area contributed by atoms with E-state index in [4.69, 9.17) is 0 Å². The van der Waals surface area contributed by atoms with Gasteiger partial charge in [0.05, 0.1) is 11.1 Å². The highest BCUT2D eigenvalue weighted by Crippen LogP contribution is 2.26. The fourth-order valence-electron chi connectivity index (χ4n) is 3.19. The Morgan fingerprint density at radius 3 is 2.25 bits per heavy atom. The Hall–Kier alpha value is -2.43. The molecule has 1 aromatic carbocycles. The van der Waals surface area contributed by atoms with Crippen molar-refractivity contribution in [1.29, 1.82) is 0 Å². The van der Waals surface area contributed by atoms with Gasteiger partial charge >= 0.3 is 12.1 Å². The van der Waals surface area contributed by atoms with Crippen LogP contribution in [0.1, 0.15) is 27.1 Å². The molecule has 0 bridgehead atoms. The molecule has 2 aliphatic rings. The summed E-state index contributed by atoms with van der Waals surface area (Å²) in [6.45, 7) is -0.857. The molecule has 0 radical (unpaired) electrons. The summed E-state index contributed by atoms with van der Waals surface area (Å²) in [5.74, 6) is -3.69. The number of rotatable bonds is 2. The SMILES string of the molecule is O=C(CN1C(=O)c2ccc(Br)cc2C1=O)N1CCCN(C(=O)C(F)(F)F)CC1. The molecule has 0 atom stereocenters. The summed E-state index contributed by atoms with van der Waals surface area (Å²) in [6.07, 6.45) is -4.80. The normalized spacial score (nSPS) is 17.6. The Bertz CT molecular complexity index is 859. The molecule has 1 saturated heterocycles. The summed E-state index contributed by atoms with van der Waals surface area (Å²) >= 11 is 3.22. The minimum atomic E-state index is -4.96. The van der Waals surface area contributed by atoms with E-state index in [1.54, 1.807) is 6.07 Å². The third-order valence-electron chi connectivity index (χ3n) is 4.60. The van der Waals surface area contributed by atoms with Crippen LogP contribution in [0.4, 0.5) is 13.2 Å². The fraction of sp³-hybridized carbons (Fsp3) is 0.412. The number of benzene rings is 1. The zero-order valence-electron chi connectivity index (χ0n) is 14.5. The fourth-order valence-corrected chi connectivity index (χ4v) is 3.55. The Morgan fingerprint density at radius 2 is 1.57 bits per heavy atom. The number of nitrogens with zero attached hydrogens (tertiary/aromatic N) is 3. The third-order valence-corrected chi connectivity index (χ3v) is 5.10. The number of fused-ring (bicyclic) bond motifs is 1. The number of imide groups is 1. The summed E-state index contributed by atoms with van der Waals surface area (Å²) in [6, 6.07) is 4.58. The number of halogens is 4. The van der Waals surface area contributed by atoms with Crippen LogP contribution in [-0.4, -0.2) is 77.2 Å². The quantitative estimate of drug-likeness (QED) is 0.627. The van der Waals surface area contributed by atoms with E-state index in [0.717, 1.165) is 4.90 Å². The highest BCUT2D eigenvalue weighted by molar-refractivity contribution is 9.10. The number of carbonyl (C=O) groups excluding carboxylic acids is 4. The zero-order chi connectivity index (χ0) is 20.6. The molecule has 2 heterocycles. The van der Waals surface area contributed by atoms with Crippen LogP contribution in [0.15, 0.2) is 22.7 Å². The first-order chi connectivity index (χ1) is 13.1. The zero-order valence-corrected chi connectivity index (χ0v) is 16.0. The maximum absolute atomic E-state index is 12.6. The van der Waals surface area contributed by atoms with Crippen LogP contribution in [-0.2, 0) is 9.59 Å². The first-order valence-electron chi connectivity index (χ1n) is 8.39. The van der Waals surface area contributed by atoms with Gasteiger partial charge in [0.2, 0.25) is 5.91 Å². The van der Waals surface area contributed by atoms with E-state index in [1.807, 2.05) is 0 Å². The van der Waals surface area contributed by atoms with Crippen molar-refractivity contribution >= 4 is 39.6 Å². The van der Waals surface area contributed by atoms with Crippen molar-refractivity contribution in [3.8, 4) is 0 Å². The van der Waals surface area contributed by atoms with Crippen molar-refractivity contribution in [1.82, 2.24) is 14.7 Å². The van der Waals surface area contributed by atoms with Crippen LogP contribution in [0, 0.1) is 0 Å². The molecule has 0 unspecified atom stereocenters. The Balaban J connectivity index is 1.65. The van der Waals surface area contributed by atoms with Gasteiger partial charge in [-0.15, -0.1) is 0 Å². The molecule has 1 fully saturated rings. The van der Waals surface area contributed by atoms with Crippen molar-refractivity contribution < 1.29 is 32.3 Å². The van der Waals surface area contributed by atoms with Crippen LogP contribution < -0.4 is 0 Å². The molecule has 0 spiro atoms. The lowest BCUT2D eigenvalue weighted by Gasteiger charge is -2.24. The molecule has 2 aliphatic heterocycles. The van der Waals surface area contributed by atoms with Gasteiger partial charge in [-0.3, -0.25) is 24.1 Å². The van der Waals surface area contributed by atoms with Crippen LogP contribution in [0.5, 0.6) is 0 Å². The summed E-state index contributed by atoms with van der Waals surface area (Å²) in [5.41, 5.74) is 0.379. The van der Waals surface area contributed by atoms with Gasteiger partial charge in [0.15, 0.2) is 0 Å². The molecule has 0 saturated carbocycles. The standard InChI is InChI=1S/C17H15BrF3N3O4/c18-10-2-3-11-12(8-10)15(27)24(14(11)26)9-13(25)22-4-1-5-23(7-6-22)16(28)17(19,20)21/h2-3,8H,1,4-7,9H2. The average molecular weight is 462 g/mol. The van der Waals surface area contributed by atoms with Gasteiger partial charge in [-0.05, 0) is 24.6 Å². The van der Waals surface area contributed by atoms with E-state index in [0.29, 0.717) is 9.37 Å². The second kappa shape index (κ2) is 7.53. The largest absolute Gasteiger partial charge is 0.471 e. The number of carbonyl (C=O) groups is 4. The summed E-state index contributed by atoms with van der Waals surface area (Å²) in [7, 11) is 0. The van der Waals surface area contributed by atoms with E-state index >= 15 is 0 Å². The van der Waals surface area contributed by atoms with Gasteiger partial charge in [0, 0.05) is 30.7 Å². The topological polar surface area (TPSA) is 78.0 Å². The Kier molecular flexibility index (Phi) is 5.46. The highest BCUT2D eigenvalue weighted by atomic mass is 79.9. The molecule has 150 valence electrons. The van der Waals surface area contributed by atoms with Gasteiger partial charge in [-0.1, -0.05) is 15.9 Å². The van der Waals surface area contributed by atoms with E-state index in [2.05, 4.69) is 15.9 Å². The summed E-state index contributed by atoms with van der Waals surface area (Å²) < 4.78 is 38.4. The summed E-state index contributed by atoms with van der Waals surface area (Å²) in [5, 5.41) is 0. The molecule has 3 rings (SSSR count). The molecule has 0 aliphatic carbocycles. The second-order valence-electron chi connectivity index (χ2n) is 6.41. The van der Waals surface area contributed by atoms with Crippen LogP contribution in [0.25, 0.3) is 0 Å². The predicted molar refractivity (Wildman–Crippen MR) is 93.3 cm³/mol. The predicted octanol–water partition coefficient (Wildman–Crippen LogP) is 1.67. The van der Waals surface area contributed by atoms with Crippen molar-refractivity contribution in [2.75, 3.05) is 32.7 Å². The maximum atomic E-state index is 12.6. The smallest absolute Gasteiger partial charge is 0.339 e. The van der Waals surface area contributed by atoms with E-state index in [9.17, 15) is 32.3 Å². The lowest BCUT2D eigenvalue weighted by molar-refractivity contribution is -0.185. The first kappa shape index (κ1) is 20.3. The second-order valence-corrected chi connectivity index (χ2v) is 7.33. The molecule has 0 N–H and O–H groups in total. The molecular formula is C17H15BrF3N3O4. The Labute approximate surface area is 166 Å². The van der Waals surface area contributed by atoms with E-state index < -0.39 is 36.3 Å². The number of amides is 4. The molecule has 1 aromatic rings. The molecule has 28 heavy (non-hydrogen) atoms. The minimum absolute atomic E-state index is 0.102.